The number of hydrogen-bond acceptors (Lipinski definition) is 6. The number of hydrogen-bond donors (Lipinski definition) is 2. The molecule has 1 unspecified atom stereocenters. The predicted octanol–water partition coefficient (Wildman–Crippen LogP) is 0.541. The Morgan fingerprint density at radius 2 is 2.29 bits per heavy atom. The fourth-order valence-corrected chi connectivity index (χ4v) is 2.64. The van der Waals surface area contributed by atoms with Gasteiger partial charge in [-0.1, -0.05) is 0 Å². The molecule has 0 aliphatic carbocycles. The van der Waals surface area contributed by atoms with Crippen LogP contribution in [0, 0.1) is 10.1 Å². The zero-order chi connectivity index (χ0) is 15.6. The number of nitro groups is 1. The first-order valence-electron chi connectivity index (χ1n) is 6.60. The number of aromatic nitrogens is 2. The lowest BCUT2D eigenvalue weighted by Gasteiger charge is -2.24. The van der Waals surface area contributed by atoms with Gasteiger partial charge in [0.2, 0.25) is 5.82 Å². The van der Waals surface area contributed by atoms with Crippen molar-refractivity contribution in [2.24, 2.45) is 12.9 Å². The summed E-state index contributed by atoms with van der Waals surface area (Å²) < 4.78 is 1.47. The third kappa shape index (κ3) is 3.05. The summed E-state index contributed by atoms with van der Waals surface area (Å²) in [5.74, 6) is 5.97. The van der Waals surface area contributed by atoms with Gasteiger partial charge < -0.3 is 10.0 Å². The van der Waals surface area contributed by atoms with E-state index in [1.54, 1.807) is 7.05 Å². The van der Waals surface area contributed by atoms with Gasteiger partial charge in [-0.05, 0) is 19.3 Å². The van der Waals surface area contributed by atoms with Crippen LogP contribution >= 0.6 is 0 Å². The summed E-state index contributed by atoms with van der Waals surface area (Å²) in [6.07, 6.45) is 1.91. The van der Waals surface area contributed by atoms with E-state index in [2.05, 4.69) is 5.10 Å². The third-order valence-corrected chi connectivity index (χ3v) is 3.70. The Kier molecular flexibility index (Phi) is 4.26. The molecule has 0 aromatic carbocycles. The molecule has 3 N–H and O–H groups in total. The molecule has 21 heavy (non-hydrogen) atoms. The Bertz CT molecular complexity index is 545. The summed E-state index contributed by atoms with van der Waals surface area (Å²) in [7, 11) is 1.65. The van der Waals surface area contributed by atoms with Crippen molar-refractivity contribution < 1.29 is 14.8 Å². The number of carboxylic acid groups (broad SMARTS) is 1. The standard InChI is InChI=1S/C11H18N6O4/c1-14-10(9(7-13-14)17(20)21)15-5-2-3-8(4-6-15)16(12)11(18)19/h7-8H,2-6,12H2,1H3,(H,18,19). The van der Waals surface area contributed by atoms with E-state index in [0.717, 1.165) is 5.01 Å². The molecule has 1 aromatic heterocycles. The van der Waals surface area contributed by atoms with Crippen LogP contribution in [-0.2, 0) is 7.05 Å². The molecule has 2 heterocycles. The fraction of sp³-hybridized carbons (Fsp3) is 0.636. The summed E-state index contributed by atoms with van der Waals surface area (Å²) in [5.41, 5.74) is -0.0428. The fourth-order valence-electron chi connectivity index (χ4n) is 2.64. The van der Waals surface area contributed by atoms with Crippen LogP contribution in [0.3, 0.4) is 0 Å². The first-order chi connectivity index (χ1) is 9.91. The van der Waals surface area contributed by atoms with Gasteiger partial charge in [0, 0.05) is 20.1 Å². The summed E-state index contributed by atoms with van der Waals surface area (Å²) in [6.45, 7) is 1.09. The van der Waals surface area contributed by atoms with Crippen molar-refractivity contribution in [3.05, 3.63) is 16.3 Å². The Morgan fingerprint density at radius 3 is 2.90 bits per heavy atom. The highest BCUT2D eigenvalue weighted by molar-refractivity contribution is 5.64. The Labute approximate surface area is 120 Å². The first-order valence-corrected chi connectivity index (χ1v) is 6.60. The smallest absolute Gasteiger partial charge is 0.421 e. The second kappa shape index (κ2) is 5.95. The minimum atomic E-state index is -1.17. The third-order valence-electron chi connectivity index (χ3n) is 3.70. The van der Waals surface area contributed by atoms with Crippen molar-refractivity contribution in [2.45, 2.75) is 25.3 Å². The van der Waals surface area contributed by atoms with E-state index in [0.29, 0.717) is 38.2 Å². The van der Waals surface area contributed by atoms with E-state index in [9.17, 15) is 14.9 Å². The van der Waals surface area contributed by atoms with Gasteiger partial charge in [0.25, 0.3) is 0 Å². The molecule has 1 amide bonds. The van der Waals surface area contributed by atoms with Crippen molar-refractivity contribution in [1.82, 2.24) is 14.8 Å². The molecule has 0 saturated carbocycles. The van der Waals surface area contributed by atoms with Gasteiger partial charge in [0.1, 0.15) is 6.20 Å². The van der Waals surface area contributed by atoms with Crippen molar-refractivity contribution in [3.63, 3.8) is 0 Å². The molecular formula is C11H18N6O4. The molecule has 2 rings (SSSR count). The van der Waals surface area contributed by atoms with Gasteiger partial charge in [0.15, 0.2) is 0 Å². The zero-order valence-corrected chi connectivity index (χ0v) is 11.7. The van der Waals surface area contributed by atoms with Crippen LogP contribution in [0.5, 0.6) is 0 Å². The van der Waals surface area contributed by atoms with E-state index in [1.165, 1.54) is 10.9 Å². The molecule has 1 fully saturated rings. The van der Waals surface area contributed by atoms with Gasteiger partial charge in [-0.25, -0.2) is 20.3 Å². The van der Waals surface area contributed by atoms with Crippen molar-refractivity contribution in [2.75, 3.05) is 18.0 Å². The van der Waals surface area contributed by atoms with Crippen LogP contribution in [0.2, 0.25) is 0 Å². The summed E-state index contributed by atoms with van der Waals surface area (Å²) >= 11 is 0. The molecule has 1 aromatic rings. The molecule has 10 heteroatoms. The van der Waals surface area contributed by atoms with E-state index < -0.39 is 11.0 Å². The lowest BCUT2D eigenvalue weighted by Crippen LogP contribution is -2.45. The maximum Gasteiger partial charge on any atom is 0.421 e. The highest BCUT2D eigenvalue weighted by Crippen LogP contribution is 2.29. The number of amides is 1. The summed E-state index contributed by atoms with van der Waals surface area (Å²) in [6, 6.07) is -0.278. The van der Waals surface area contributed by atoms with Gasteiger partial charge in [-0.3, -0.25) is 10.1 Å². The largest absolute Gasteiger partial charge is 0.464 e. The molecule has 1 aliphatic rings. The number of carbonyl (C=O) groups is 1. The normalized spacial score (nSPS) is 19.1. The molecular weight excluding hydrogens is 280 g/mol. The summed E-state index contributed by atoms with van der Waals surface area (Å²) in [4.78, 5) is 23.3. The Balaban J connectivity index is 2.15. The lowest BCUT2D eigenvalue weighted by molar-refractivity contribution is -0.384. The minimum Gasteiger partial charge on any atom is -0.464 e. The Morgan fingerprint density at radius 1 is 1.57 bits per heavy atom. The maximum absolute atomic E-state index is 11.0. The molecule has 0 bridgehead atoms. The van der Waals surface area contributed by atoms with E-state index in [-0.39, 0.29) is 11.7 Å². The number of aryl methyl sites for hydroxylation is 1. The molecule has 1 atom stereocenters. The number of anilines is 1. The zero-order valence-electron chi connectivity index (χ0n) is 11.7. The Hall–Kier alpha value is -2.36. The molecule has 1 saturated heterocycles. The van der Waals surface area contributed by atoms with Gasteiger partial charge in [0.05, 0.1) is 11.0 Å². The molecule has 0 spiro atoms. The molecule has 0 radical (unpaired) electrons. The monoisotopic (exact) mass is 298 g/mol. The highest BCUT2D eigenvalue weighted by Gasteiger charge is 2.29. The van der Waals surface area contributed by atoms with Gasteiger partial charge >= 0.3 is 11.8 Å². The highest BCUT2D eigenvalue weighted by atomic mass is 16.6. The second-order valence-corrected chi connectivity index (χ2v) is 5.00. The van der Waals surface area contributed by atoms with Crippen LogP contribution < -0.4 is 10.7 Å². The van der Waals surface area contributed by atoms with Crippen LogP contribution in [0.1, 0.15) is 19.3 Å². The summed E-state index contributed by atoms with van der Waals surface area (Å²) in [5, 5.41) is 24.7. The molecule has 10 nitrogen and oxygen atoms in total. The number of rotatable bonds is 3. The number of nitrogens with two attached hydrogens (primary N) is 1. The quantitative estimate of drug-likeness (QED) is 0.360. The molecule has 116 valence electrons. The molecule has 1 aliphatic heterocycles. The average molecular weight is 298 g/mol. The van der Waals surface area contributed by atoms with Crippen LogP contribution in [-0.4, -0.2) is 50.0 Å². The van der Waals surface area contributed by atoms with Gasteiger partial charge in [-0.2, -0.15) is 5.10 Å². The SMILES string of the molecule is Cn1ncc([N+](=O)[O-])c1N1CCCC(N(N)C(=O)O)CC1. The topological polar surface area (TPSA) is 131 Å². The lowest BCUT2D eigenvalue weighted by atomic mass is 10.1. The van der Waals surface area contributed by atoms with E-state index in [4.69, 9.17) is 10.9 Å². The number of nitrogens with zero attached hydrogens (tertiary/aromatic N) is 5. The van der Waals surface area contributed by atoms with E-state index in [1.807, 2.05) is 4.90 Å². The van der Waals surface area contributed by atoms with Crippen molar-refractivity contribution >= 4 is 17.6 Å². The minimum absolute atomic E-state index is 0.0428. The van der Waals surface area contributed by atoms with Crippen molar-refractivity contribution in [3.8, 4) is 0 Å². The first kappa shape index (κ1) is 15.0. The average Bonchev–Trinajstić information content (AvgIpc) is 2.67. The van der Waals surface area contributed by atoms with Crippen molar-refractivity contribution in [1.29, 1.82) is 0 Å². The van der Waals surface area contributed by atoms with Crippen LogP contribution in [0.15, 0.2) is 6.20 Å². The predicted molar refractivity (Wildman–Crippen MR) is 73.8 cm³/mol. The maximum atomic E-state index is 11.0. The number of hydrazine groups is 1. The van der Waals surface area contributed by atoms with Crippen LogP contribution in [0.25, 0.3) is 0 Å². The second-order valence-electron chi connectivity index (χ2n) is 5.00. The van der Waals surface area contributed by atoms with Crippen LogP contribution in [0.4, 0.5) is 16.3 Å². The van der Waals surface area contributed by atoms with E-state index >= 15 is 0 Å². The van der Waals surface area contributed by atoms with Gasteiger partial charge in [-0.15, -0.1) is 0 Å².